The van der Waals surface area contributed by atoms with Crippen LogP contribution in [0, 0.1) is 5.92 Å². The maximum atomic E-state index is 5.42. The van der Waals surface area contributed by atoms with Crippen LogP contribution in [0.4, 0.5) is 0 Å². The molecule has 0 spiro atoms. The first-order valence-corrected chi connectivity index (χ1v) is 14.4. The molecule has 4 heteroatoms. The lowest BCUT2D eigenvalue weighted by atomic mass is 9.93. The second-order valence-electron chi connectivity index (χ2n) is 11.3. The number of allylic oxidation sites excluding steroid dienone is 5. The molecule has 0 fully saturated rings. The second kappa shape index (κ2) is 8.77. The van der Waals surface area contributed by atoms with E-state index >= 15 is 0 Å². The van der Waals surface area contributed by atoms with Gasteiger partial charge in [-0.1, -0.05) is 97.1 Å². The predicted molar refractivity (Wildman–Crippen MR) is 168 cm³/mol. The van der Waals surface area contributed by atoms with Crippen LogP contribution in [0.1, 0.15) is 46.2 Å². The van der Waals surface area contributed by atoms with Gasteiger partial charge in [0.1, 0.15) is 0 Å². The monoisotopic (exact) mass is 526 g/mol. The van der Waals surface area contributed by atoms with Crippen molar-refractivity contribution in [1.29, 1.82) is 0 Å². The molecule has 4 nitrogen and oxygen atoms in total. The molecular weight excluding hydrogens is 500 g/mol. The first kappa shape index (κ1) is 22.8. The van der Waals surface area contributed by atoms with E-state index in [1.165, 1.54) is 33.4 Å². The molecule has 0 amide bonds. The zero-order chi connectivity index (χ0) is 26.9. The highest BCUT2D eigenvalue weighted by Gasteiger charge is 2.35. The number of hydrogen-bond donors (Lipinski definition) is 0. The summed E-state index contributed by atoms with van der Waals surface area (Å²) in [6.45, 7) is 0.617. The smallest absolute Gasteiger partial charge is 0.0734 e. The second-order valence-corrected chi connectivity index (χ2v) is 11.3. The maximum Gasteiger partial charge on any atom is 0.0734 e. The normalized spacial score (nSPS) is 28.0. The van der Waals surface area contributed by atoms with Crippen LogP contribution in [0.3, 0.4) is 0 Å². The number of nitrogens with zero attached hydrogens (tertiary/aromatic N) is 4. The van der Waals surface area contributed by atoms with E-state index in [1.54, 1.807) is 0 Å². The summed E-state index contributed by atoms with van der Waals surface area (Å²) in [4.78, 5) is 21.3. The Bertz CT molecular complexity index is 1970. The van der Waals surface area contributed by atoms with E-state index in [4.69, 9.17) is 20.0 Å². The van der Waals surface area contributed by atoms with Crippen molar-refractivity contribution < 1.29 is 0 Å². The van der Waals surface area contributed by atoms with Crippen molar-refractivity contribution in [2.24, 2.45) is 25.9 Å². The van der Waals surface area contributed by atoms with Crippen molar-refractivity contribution in [2.75, 3.05) is 6.54 Å². The fourth-order valence-corrected chi connectivity index (χ4v) is 7.03. The zero-order valence-corrected chi connectivity index (χ0v) is 22.5. The average Bonchev–Trinajstić information content (AvgIpc) is 3.75. The Balaban J connectivity index is 1.27. The van der Waals surface area contributed by atoms with Crippen LogP contribution in [-0.4, -0.2) is 35.4 Å². The first-order chi connectivity index (χ1) is 20.3. The van der Waals surface area contributed by atoms with Crippen LogP contribution >= 0.6 is 0 Å². The summed E-state index contributed by atoms with van der Waals surface area (Å²) in [6, 6.07) is 25.8. The lowest BCUT2D eigenvalue weighted by Gasteiger charge is -2.17. The summed E-state index contributed by atoms with van der Waals surface area (Å²) in [5.41, 5.74) is 15.9. The van der Waals surface area contributed by atoms with Crippen LogP contribution in [0.2, 0.25) is 0 Å². The van der Waals surface area contributed by atoms with Gasteiger partial charge in [-0.05, 0) is 28.9 Å². The average molecular weight is 527 g/mol. The maximum absolute atomic E-state index is 5.42. The van der Waals surface area contributed by atoms with Crippen molar-refractivity contribution in [1.82, 2.24) is 0 Å². The van der Waals surface area contributed by atoms with Gasteiger partial charge in [0.2, 0.25) is 0 Å². The minimum absolute atomic E-state index is 0.0924. The Morgan fingerprint density at radius 2 is 1.34 bits per heavy atom. The Morgan fingerprint density at radius 1 is 0.634 bits per heavy atom. The van der Waals surface area contributed by atoms with Crippen molar-refractivity contribution in [3.8, 4) is 0 Å². The first-order valence-electron chi connectivity index (χ1n) is 14.4. The zero-order valence-electron chi connectivity index (χ0n) is 22.5. The largest absolute Gasteiger partial charge is 0.284 e. The fraction of sp³-hybridized carbons (Fsp3) is 0.135. The molecule has 1 aliphatic heterocycles. The van der Waals surface area contributed by atoms with Crippen molar-refractivity contribution in [3.63, 3.8) is 0 Å². The van der Waals surface area contributed by atoms with Gasteiger partial charge in [-0.2, -0.15) is 0 Å². The summed E-state index contributed by atoms with van der Waals surface area (Å²) in [5.74, 6) is 0.218. The summed E-state index contributed by atoms with van der Waals surface area (Å²) in [5, 5.41) is 0. The van der Waals surface area contributed by atoms with Crippen LogP contribution in [0.15, 0.2) is 140 Å². The van der Waals surface area contributed by atoms with E-state index in [-0.39, 0.29) is 12.0 Å². The topological polar surface area (TPSA) is 49.4 Å². The number of hydrogen-bond acceptors (Lipinski definition) is 4. The lowest BCUT2D eigenvalue weighted by molar-refractivity contribution is 0.612. The molecule has 3 aromatic carbocycles. The third-order valence-electron chi connectivity index (χ3n) is 8.97. The van der Waals surface area contributed by atoms with Gasteiger partial charge >= 0.3 is 0 Å². The molecule has 6 aliphatic rings. The lowest BCUT2D eigenvalue weighted by Crippen LogP contribution is -2.15. The van der Waals surface area contributed by atoms with Gasteiger partial charge in [0.15, 0.2) is 0 Å². The van der Waals surface area contributed by atoms with Crippen molar-refractivity contribution in [3.05, 3.63) is 154 Å². The predicted octanol–water partition coefficient (Wildman–Crippen LogP) is 7.18. The molecule has 0 radical (unpaired) electrons. The third kappa shape index (κ3) is 3.53. The molecule has 8 bridgehead atoms. The molecular formula is C37H26N4. The fourth-order valence-electron chi connectivity index (χ4n) is 7.03. The van der Waals surface area contributed by atoms with E-state index in [0.29, 0.717) is 6.54 Å². The van der Waals surface area contributed by atoms with Gasteiger partial charge in [-0.3, -0.25) is 20.0 Å². The highest BCUT2D eigenvalue weighted by Crippen LogP contribution is 2.41. The number of benzene rings is 3. The molecule has 2 unspecified atom stereocenters. The Morgan fingerprint density at radius 3 is 2.17 bits per heavy atom. The summed E-state index contributed by atoms with van der Waals surface area (Å²) in [6.07, 6.45) is 14.7. The van der Waals surface area contributed by atoms with E-state index in [1.807, 2.05) is 0 Å². The van der Waals surface area contributed by atoms with Crippen LogP contribution in [-0.2, 0) is 0 Å². The molecule has 194 valence electrons. The Hall–Kier alpha value is -4.96. The summed E-state index contributed by atoms with van der Waals surface area (Å²) in [7, 11) is 0. The van der Waals surface area contributed by atoms with Crippen molar-refractivity contribution >= 4 is 34.1 Å². The van der Waals surface area contributed by atoms with Crippen LogP contribution in [0.25, 0.3) is 11.3 Å². The molecule has 9 rings (SSSR count). The van der Waals surface area contributed by atoms with Crippen LogP contribution in [0.5, 0.6) is 0 Å². The molecule has 3 aromatic rings. The van der Waals surface area contributed by atoms with E-state index in [0.717, 1.165) is 58.2 Å². The summed E-state index contributed by atoms with van der Waals surface area (Å²) >= 11 is 0. The van der Waals surface area contributed by atoms with Gasteiger partial charge in [-0.15, -0.1) is 0 Å². The third-order valence-corrected chi connectivity index (χ3v) is 8.97. The SMILES string of the molecule is C1=CC2=C3CC(/N=C4C=C(/N=C5\C/C(=N\CC6=C/C(=N\3)c3ccccc36)c3ccccc35)c3ccccc3\4)C2C=C1. The molecule has 0 saturated carbocycles. The molecule has 0 N–H and O–H groups in total. The van der Waals surface area contributed by atoms with E-state index < -0.39 is 0 Å². The molecule has 41 heavy (non-hydrogen) atoms. The highest BCUT2D eigenvalue weighted by molar-refractivity contribution is 6.30. The Kier molecular flexibility index (Phi) is 4.88. The number of aliphatic imine (C=N–C) groups is 4. The van der Waals surface area contributed by atoms with Gasteiger partial charge in [0, 0.05) is 58.0 Å². The minimum Gasteiger partial charge on any atom is -0.284 e. The molecule has 0 saturated heterocycles. The number of fused-ring (bicyclic) bond motifs is 17. The standard InChI is InChI=1S/C37H26N4/c1-2-10-24-23(9-1)22-17-32(24)39-34-19-36(28-14-6-5-13-27(28)34)41-37-20-35(29-15-7-8-16-30(29)37)40-33-18-31(38-21-22)25-11-3-4-12-26(25)33/h1-17,20,28,36H,18-19,21H2/b38-31+,39-32+,40-33+,41-37+. The molecule has 1 heterocycles. The van der Waals surface area contributed by atoms with Crippen molar-refractivity contribution in [2.45, 2.75) is 18.9 Å². The van der Waals surface area contributed by atoms with E-state index in [9.17, 15) is 0 Å². The van der Waals surface area contributed by atoms with E-state index in [2.05, 4.69) is 109 Å². The Labute approximate surface area is 239 Å². The molecule has 5 aliphatic carbocycles. The van der Waals surface area contributed by atoms with Crippen LogP contribution < -0.4 is 0 Å². The van der Waals surface area contributed by atoms with Gasteiger partial charge in [0.25, 0.3) is 0 Å². The highest BCUT2D eigenvalue weighted by atomic mass is 14.9. The van der Waals surface area contributed by atoms with Gasteiger partial charge in [0.05, 0.1) is 35.4 Å². The number of rotatable bonds is 0. The quantitative estimate of drug-likeness (QED) is 0.298. The minimum atomic E-state index is 0.0924. The van der Waals surface area contributed by atoms with Gasteiger partial charge < -0.3 is 0 Å². The summed E-state index contributed by atoms with van der Waals surface area (Å²) < 4.78 is 0. The molecule has 0 aromatic heterocycles. The molecule has 2 atom stereocenters. The van der Waals surface area contributed by atoms with Gasteiger partial charge in [-0.25, -0.2) is 0 Å².